The van der Waals surface area contributed by atoms with Gasteiger partial charge < -0.3 is 14.8 Å². The normalized spacial score (nSPS) is 10.0. The first-order valence-corrected chi connectivity index (χ1v) is 6.97. The molecular formula is C16H16ClNO3. The third-order valence-corrected chi connectivity index (χ3v) is 2.94. The number of anilines is 1. The van der Waals surface area contributed by atoms with Gasteiger partial charge in [-0.1, -0.05) is 29.8 Å². The second-order valence-electron chi connectivity index (χ2n) is 4.23. The molecule has 1 N–H and O–H groups in total. The number of benzene rings is 2. The Balaban J connectivity index is 1.90. The predicted octanol–water partition coefficient (Wildman–Crippen LogP) is 3.76. The second-order valence-corrected chi connectivity index (χ2v) is 4.64. The summed E-state index contributed by atoms with van der Waals surface area (Å²) >= 11 is 5.95. The lowest BCUT2D eigenvalue weighted by atomic mass is 10.3. The Kier molecular flexibility index (Phi) is 5.46. The van der Waals surface area contributed by atoms with Crippen molar-refractivity contribution in [1.82, 2.24) is 0 Å². The Morgan fingerprint density at radius 3 is 2.71 bits per heavy atom. The van der Waals surface area contributed by atoms with Crippen molar-refractivity contribution in [2.24, 2.45) is 0 Å². The summed E-state index contributed by atoms with van der Waals surface area (Å²) in [5, 5.41) is 3.22. The van der Waals surface area contributed by atoms with E-state index in [1.807, 2.05) is 19.1 Å². The Hall–Kier alpha value is -2.20. The number of carbonyl (C=O) groups excluding carboxylic acids is 1. The summed E-state index contributed by atoms with van der Waals surface area (Å²) in [5.74, 6) is 0.934. The first kappa shape index (κ1) is 15.2. The molecule has 2 aromatic carbocycles. The Morgan fingerprint density at radius 2 is 1.95 bits per heavy atom. The molecule has 0 unspecified atom stereocenters. The van der Waals surface area contributed by atoms with Gasteiger partial charge in [0.2, 0.25) is 0 Å². The number of ether oxygens (including phenoxy) is 2. The predicted molar refractivity (Wildman–Crippen MR) is 83.2 cm³/mol. The van der Waals surface area contributed by atoms with Gasteiger partial charge in [-0.25, -0.2) is 0 Å². The Labute approximate surface area is 128 Å². The molecule has 0 aliphatic rings. The monoisotopic (exact) mass is 305 g/mol. The lowest BCUT2D eigenvalue weighted by Gasteiger charge is -2.09. The lowest BCUT2D eigenvalue weighted by molar-refractivity contribution is -0.118. The molecule has 0 fully saturated rings. The third-order valence-electron chi connectivity index (χ3n) is 2.62. The highest BCUT2D eigenvalue weighted by Gasteiger charge is 2.06. The van der Waals surface area contributed by atoms with Crippen molar-refractivity contribution in [3.05, 3.63) is 53.6 Å². The maximum absolute atomic E-state index is 11.8. The highest BCUT2D eigenvalue weighted by Crippen LogP contribution is 2.23. The van der Waals surface area contributed by atoms with Gasteiger partial charge in [-0.05, 0) is 31.2 Å². The van der Waals surface area contributed by atoms with Crippen LogP contribution in [-0.2, 0) is 4.79 Å². The van der Waals surface area contributed by atoms with Crippen LogP contribution in [0.3, 0.4) is 0 Å². The molecule has 2 rings (SSSR count). The highest BCUT2D eigenvalue weighted by atomic mass is 35.5. The van der Waals surface area contributed by atoms with Gasteiger partial charge in [0.05, 0.1) is 11.6 Å². The molecule has 21 heavy (non-hydrogen) atoms. The third kappa shape index (κ3) is 4.68. The maximum atomic E-state index is 11.8. The van der Waals surface area contributed by atoms with Crippen molar-refractivity contribution in [2.75, 3.05) is 18.5 Å². The standard InChI is InChI=1S/C16H16ClNO3/c1-2-20-13-7-5-6-12(10-13)18-16(19)11-21-15-9-4-3-8-14(15)17/h3-10H,2,11H2,1H3,(H,18,19). The fourth-order valence-corrected chi connectivity index (χ4v) is 1.92. The van der Waals surface area contributed by atoms with Gasteiger partial charge in [0, 0.05) is 11.8 Å². The van der Waals surface area contributed by atoms with Crippen LogP contribution in [0.1, 0.15) is 6.92 Å². The molecule has 110 valence electrons. The quantitative estimate of drug-likeness (QED) is 0.884. The average molecular weight is 306 g/mol. The molecule has 0 saturated carbocycles. The number of halogens is 1. The van der Waals surface area contributed by atoms with E-state index >= 15 is 0 Å². The molecule has 0 aliphatic heterocycles. The van der Waals surface area contributed by atoms with Crippen molar-refractivity contribution in [3.8, 4) is 11.5 Å². The summed E-state index contributed by atoms with van der Waals surface area (Å²) in [7, 11) is 0. The maximum Gasteiger partial charge on any atom is 0.262 e. The van der Waals surface area contributed by atoms with Crippen LogP contribution in [0.5, 0.6) is 11.5 Å². The minimum absolute atomic E-state index is 0.109. The van der Waals surface area contributed by atoms with Crippen molar-refractivity contribution < 1.29 is 14.3 Å². The topological polar surface area (TPSA) is 47.6 Å². The zero-order chi connectivity index (χ0) is 15.1. The number of nitrogens with one attached hydrogen (secondary N) is 1. The number of carbonyl (C=O) groups is 1. The van der Waals surface area contributed by atoms with E-state index in [9.17, 15) is 4.79 Å². The molecule has 0 atom stereocenters. The van der Waals surface area contributed by atoms with Crippen LogP contribution in [0.4, 0.5) is 5.69 Å². The van der Waals surface area contributed by atoms with Crippen LogP contribution in [-0.4, -0.2) is 19.1 Å². The van der Waals surface area contributed by atoms with E-state index < -0.39 is 0 Å². The second kappa shape index (κ2) is 7.55. The summed E-state index contributed by atoms with van der Waals surface area (Å²) in [6, 6.07) is 14.2. The molecule has 0 aromatic heterocycles. The van der Waals surface area contributed by atoms with Crippen molar-refractivity contribution >= 4 is 23.2 Å². The number of amides is 1. The van der Waals surface area contributed by atoms with Gasteiger partial charge >= 0.3 is 0 Å². The van der Waals surface area contributed by atoms with Gasteiger partial charge in [-0.3, -0.25) is 4.79 Å². The summed E-state index contributed by atoms with van der Waals surface area (Å²) in [5.41, 5.74) is 0.661. The molecular weight excluding hydrogens is 290 g/mol. The van der Waals surface area contributed by atoms with E-state index in [1.165, 1.54) is 0 Å². The Bertz CT molecular complexity index is 616. The van der Waals surface area contributed by atoms with E-state index in [0.29, 0.717) is 28.8 Å². The van der Waals surface area contributed by atoms with E-state index in [4.69, 9.17) is 21.1 Å². The molecule has 0 spiro atoms. The van der Waals surface area contributed by atoms with Gasteiger partial charge in [0.25, 0.3) is 5.91 Å². The van der Waals surface area contributed by atoms with Crippen LogP contribution in [0.15, 0.2) is 48.5 Å². The minimum atomic E-state index is -0.261. The van der Waals surface area contributed by atoms with E-state index in [1.54, 1.807) is 36.4 Å². The SMILES string of the molecule is CCOc1cccc(NC(=O)COc2ccccc2Cl)c1. The van der Waals surface area contributed by atoms with Gasteiger partial charge in [0.15, 0.2) is 6.61 Å². The van der Waals surface area contributed by atoms with Crippen LogP contribution in [0, 0.1) is 0 Å². The molecule has 5 heteroatoms. The lowest BCUT2D eigenvalue weighted by Crippen LogP contribution is -2.20. The molecule has 0 saturated heterocycles. The van der Waals surface area contributed by atoms with Gasteiger partial charge in [0.1, 0.15) is 11.5 Å². The molecule has 0 radical (unpaired) electrons. The first-order chi connectivity index (χ1) is 10.2. The van der Waals surface area contributed by atoms with Crippen molar-refractivity contribution in [2.45, 2.75) is 6.92 Å². The van der Waals surface area contributed by atoms with E-state index in [2.05, 4.69) is 5.32 Å². The number of rotatable bonds is 6. The molecule has 4 nitrogen and oxygen atoms in total. The minimum Gasteiger partial charge on any atom is -0.494 e. The van der Waals surface area contributed by atoms with E-state index in [-0.39, 0.29) is 12.5 Å². The van der Waals surface area contributed by atoms with E-state index in [0.717, 1.165) is 0 Å². The zero-order valence-electron chi connectivity index (χ0n) is 11.6. The smallest absolute Gasteiger partial charge is 0.262 e. The highest BCUT2D eigenvalue weighted by molar-refractivity contribution is 6.32. The average Bonchev–Trinajstić information content (AvgIpc) is 2.47. The molecule has 0 bridgehead atoms. The fourth-order valence-electron chi connectivity index (χ4n) is 1.73. The van der Waals surface area contributed by atoms with Gasteiger partial charge in [-0.15, -0.1) is 0 Å². The first-order valence-electron chi connectivity index (χ1n) is 6.59. The van der Waals surface area contributed by atoms with Crippen molar-refractivity contribution in [3.63, 3.8) is 0 Å². The van der Waals surface area contributed by atoms with Crippen LogP contribution in [0.25, 0.3) is 0 Å². The van der Waals surface area contributed by atoms with Crippen LogP contribution >= 0.6 is 11.6 Å². The largest absolute Gasteiger partial charge is 0.494 e. The number of hydrogen-bond acceptors (Lipinski definition) is 3. The van der Waals surface area contributed by atoms with Crippen molar-refractivity contribution in [1.29, 1.82) is 0 Å². The van der Waals surface area contributed by atoms with Crippen LogP contribution in [0.2, 0.25) is 5.02 Å². The number of hydrogen-bond donors (Lipinski definition) is 1. The fraction of sp³-hybridized carbons (Fsp3) is 0.188. The van der Waals surface area contributed by atoms with Gasteiger partial charge in [-0.2, -0.15) is 0 Å². The summed E-state index contributed by atoms with van der Waals surface area (Å²) in [6.45, 7) is 2.37. The molecule has 0 aliphatic carbocycles. The van der Waals surface area contributed by atoms with Crippen LogP contribution < -0.4 is 14.8 Å². The molecule has 2 aromatic rings. The summed E-state index contributed by atoms with van der Waals surface area (Å²) < 4.78 is 10.7. The number of para-hydroxylation sites is 1. The zero-order valence-corrected chi connectivity index (χ0v) is 12.4. The summed E-state index contributed by atoms with van der Waals surface area (Å²) in [6.07, 6.45) is 0. The summed E-state index contributed by atoms with van der Waals surface area (Å²) in [4.78, 5) is 11.8. The molecule has 1 amide bonds. The Morgan fingerprint density at radius 1 is 1.14 bits per heavy atom. The molecule has 0 heterocycles.